The fourth-order valence-corrected chi connectivity index (χ4v) is 5.62. The molecule has 3 nitrogen and oxygen atoms in total. The minimum atomic E-state index is 0.299. The molecule has 4 aromatic rings. The van der Waals surface area contributed by atoms with Crippen LogP contribution >= 0.6 is 11.6 Å². The number of hydrogen-bond donors (Lipinski definition) is 1. The maximum Gasteiger partial charge on any atom is 0.119 e. The van der Waals surface area contributed by atoms with Crippen LogP contribution in [0.15, 0.2) is 108 Å². The summed E-state index contributed by atoms with van der Waals surface area (Å²) < 4.78 is 5.88. The van der Waals surface area contributed by atoms with Crippen molar-refractivity contribution in [3.8, 4) is 5.75 Å². The van der Waals surface area contributed by atoms with Gasteiger partial charge in [0.05, 0.1) is 11.7 Å². The number of nitrogens with one attached hydrogen (secondary N) is 1. The molecule has 1 heterocycles. The highest BCUT2D eigenvalue weighted by atomic mass is 35.5. The third-order valence-electron chi connectivity index (χ3n) is 7.31. The number of nitrogens with zero attached hydrogens (tertiary/aromatic N) is 1. The fourth-order valence-electron chi connectivity index (χ4n) is 5.40. The van der Waals surface area contributed by atoms with Gasteiger partial charge in [-0.25, -0.2) is 0 Å². The van der Waals surface area contributed by atoms with E-state index in [4.69, 9.17) is 21.3 Å². The lowest BCUT2D eigenvalue weighted by atomic mass is 9.76. The number of aliphatic imine (C=N–C) groups is 1. The molecule has 3 atom stereocenters. The molecule has 2 aliphatic rings. The van der Waals surface area contributed by atoms with Crippen LogP contribution in [-0.4, -0.2) is 6.21 Å². The smallest absolute Gasteiger partial charge is 0.119 e. The lowest BCUT2D eigenvalue weighted by Gasteiger charge is -2.37. The van der Waals surface area contributed by atoms with Gasteiger partial charge in [0, 0.05) is 22.8 Å². The number of ether oxygens (including phenoxy) is 1. The van der Waals surface area contributed by atoms with Crippen molar-refractivity contribution in [2.45, 2.75) is 31.9 Å². The van der Waals surface area contributed by atoms with Crippen LogP contribution in [0.2, 0.25) is 5.02 Å². The topological polar surface area (TPSA) is 33.6 Å². The molecular formula is C33H29ClN2O. The summed E-state index contributed by atoms with van der Waals surface area (Å²) in [7, 11) is 0. The molecule has 184 valence electrons. The molecule has 4 heteroatoms. The Bertz CT molecular complexity index is 1460. The molecule has 0 bridgehead atoms. The standard InChI is InChI=1S/C33H29ClN2O/c1-22-8-17-32-31(18-22)29-6-3-7-30(29)33(36-32)25-11-13-27(14-12-25)35-20-23-9-15-28(16-10-23)37-21-24-4-2-5-26(34)19-24/h2-6,8-20,29-30,33,36H,7,21H2,1H3/t29-,30+,33-/m1/s1. The second-order valence-corrected chi connectivity index (χ2v) is 10.3. The van der Waals surface area contributed by atoms with Gasteiger partial charge >= 0.3 is 0 Å². The van der Waals surface area contributed by atoms with Gasteiger partial charge in [0.1, 0.15) is 12.4 Å². The van der Waals surface area contributed by atoms with Crippen molar-refractivity contribution >= 4 is 29.2 Å². The molecule has 6 rings (SSSR count). The van der Waals surface area contributed by atoms with Crippen molar-refractivity contribution in [3.05, 3.63) is 136 Å². The summed E-state index contributed by atoms with van der Waals surface area (Å²) in [6, 6.07) is 31.4. The Morgan fingerprint density at radius 2 is 1.81 bits per heavy atom. The van der Waals surface area contributed by atoms with E-state index in [1.807, 2.05) is 54.7 Å². The monoisotopic (exact) mass is 504 g/mol. The van der Waals surface area contributed by atoms with Crippen molar-refractivity contribution in [1.29, 1.82) is 0 Å². The molecule has 37 heavy (non-hydrogen) atoms. The number of allylic oxidation sites excluding steroid dienone is 2. The lowest BCUT2D eigenvalue weighted by Crippen LogP contribution is -2.29. The quantitative estimate of drug-likeness (QED) is 0.210. The van der Waals surface area contributed by atoms with E-state index >= 15 is 0 Å². The number of anilines is 1. The summed E-state index contributed by atoms with van der Waals surface area (Å²) in [6.07, 6.45) is 7.73. The van der Waals surface area contributed by atoms with Crippen LogP contribution in [0.3, 0.4) is 0 Å². The third kappa shape index (κ3) is 5.19. The maximum atomic E-state index is 6.05. The van der Waals surface area contributed by atoms with Gasteiger partial charge in [-0.1, -0.05) is 65.7 Å². The van der Waals surface area contributed by atoms with E-state index in [9.17, 15) is 0 Å². The van der Waals surface area contributed by atoms with Gasteiger partial charge in [-0.3, -0.25) is 4.99 Å². The minimum absolute atomic E-state index is 0.299. The Morgan fingerprint density at radius 1 is 0.973 bits per heavy atom. The Kier molecular flexibility index (Phi) is 6.55. The summed E-state index contributed by atoms with van der Waals surface area (Å²) in [5, 5.41) is 4.54. The SMILES string of the molecule is Cc1ccc2c(c1)[C@@H]1C=CC[C@@H]1[C@@H](c1ccc(N=Cc3ccc(OCc4cccc(Cl)c4)cc3)cc1)N2. The van der Waals surface area contributed by atoms with Crippen LogP contribution in [0.1, 0.15) is 46.2 Å². The number of hydrogen-bond acceptors (Lipinski definition) is 3. The highest BCUT2D eigenvalue weighted by Crippen LogP contribution is 2.50. The van der Waals surface area contributed by atoms with Gasteiger partial charge in [-0.2, -0.15) is 0 Å². The van der Waals surface area contributed by atoms with E-state index in [-0.39, 0.29) is 0 Å². The molecule has 0 spiro atoms. The second kappa shape index (κ2) is 10.3. The Hall–Kier alpha value is -3.82. The van der Waals surface area contributed by atoms with E-state index in [1.165, 1.54) is 22.4 Å². The van der Waals surface area contributed by atoms with Crippen molar-refractivity contribution in [1.82, 2.24) is 0 Å². The van der Waals surface area contributed by atoms with Gasteiger partial charge in [0.25, 0.3) is 0 Å². The molecule has 0 saturated heterocycles. The average molecular weight is 505 g/mol. The van der Waals surface area contributed by atoms with Gasteiger partial charge in [0.15, 0.2) is 0 Å². The molecule has 0 amide bonds. The number of benzene rings is 4. The maximum absolute atomic E-state index is 6.05. The first-order chi connectivity index (χ1) is 18.1. The van der Waals surface area contributed by atoms with Gasteiger partial charge in [-0.15, -0.1) is 0 Å². The first-order valence-corrected chi connectivity index (χ1v) is 13.2. The Morgan fingerprint density at radius 3 is 2.62 bits per heavy atom. The van der Waals surface area contributed by atoms with E-state index in [0.29, 0.717) is 24.5 Å². The minimum Gasteiger partial charge on any atom is -0.489 e. The van der Waals surface area contributed by atoms with E-state index in [0.717, 1.165) is 34.0 Å². The van der Waals surface area contributed by atoms with Crippen LogP contribution in [-0.2, 0) is 6.61 Å². The average Bonchev–Trinajstić information content (AvgIpc) is 3.42. The van der Waals surface area contributed by atoms with Crippen LogP contribution in [0.5, 0.6) is 5.75 Å². The second-order valence-electron chi connectivity index (χ2n) is 9.90. The molecule has 0 radical (unpaired) electrons. The van der Waals surface area contributed by atoms with Crippen LogP contribution in [0.25, 0.3) is 0 Å². The lowest BCUT2D eigenvalue weighted by molar-refractivity contribution is 0.306. The van der Waals surface area contributed by atoms with Gasteiger partial charge in [-0.05, 0) is 96.1 Å². The molecule has 1 aliphatic heterocycles. The molecule has 0 unspecified atom stereocenters. The zero-order valence-corrected chi connectivity index (χ0v) is 21.5. The Balaban J connectivity index is 1.11. The number of aryl methyl sites for hydroxylation is 1. The van der Waals surface area contributed by atoms with Crippen LogP contribution in [0, 0.1) is 12.8 Å². The zero-order valence-electron chi connectivity index (χ0n) is 20.8. The molecule has 1 N–H and O–H groups in total. The number of rotatable bonds is 6. The fraction of sp³-hybridized carbons (Fsp3) is 0.182. The molecule has 1 aliphatic carbocycles. The molecule has 4 aromatic carbocycles. The van der Waals surface area contributed by atoms with Crippen molar-refractivity contribution in [3.63, 3.8) is 0 Å². The first kappa shape index (κ1) is 23.6. The summed E-state index contributed by atoms with van der Waals surface area (Å²) in [6.45, 7) is 2.66. The van der Waals surface area contributed by atoms with E-state index < -0.39 is 0 Å². The zero-order chi connectivity index (χ0) is 25.2. The summed E-state index contributed by atoms with van der Waals surface area (Å²) in [4.78, 5) is 4.69. The molecule has 0 aromatic heterocycles. The highest BCUT2D eigenvalue weighted by molar-refractivity contribution is 6.30. The molecule has 0 saturated carbocycles. The number of fused-ring (bicyclic) bond motifs is 3. The summed E-state index contributed by atoms with van der Waals surface area (Å²) in [5.41, 5.74) is 8.33. The highest BCUT2D eigenvalue weighted by Gasteiger charge is 2.37. The van der Waals surface area contributed by atoms with E-state index in [1.54, 1.807) is 0 Å². The largest absolute Gasteiger partial charge is 0.489 e. The number of halogens is 1. The summed E-state index contributed by atoms with van der Waals surface area (Å²) in [5.74, 6) is 1.84. The van der Waals surface area contributed by atoms with Crippen LogP contribution in [0.4, 0.5) is 11.4 Å². The summed E-state index contributed by atoms with van der Waals surface area (Å²) >= 11 is 6.05. The third-order valence-corrected chi connectivity index (χ3v) is 7.54. The van der Waals surface area contributed by atoms with Crippen molar-refractivity contribution < 1.29 is 4.74 Å². The predicted molar refractivity (Wildman–Crippen MR) is 153 cm³/mol. The van der Waals surface area contributed by atoms with Gasteiger partial charge in [0.2, 0.25) is 0 Å². The van der Waals surface area contributed by atoms with Crippen molar-refractivity contribution in [2.75, 3.05) is 5.32 Å². The predicted octanol–water partition coefficient (Wildman–Crippen LogP) is 8.80. The van der Waals surface area contributed by atoms with Crippen molar-refractivity contribution in [2.24, 2.45) is 10.9 Å². The van der Waals surface area contributed by atoms with Crippen LogP contribution < -0.4 is 10.1 Å². The van der Waals surface area contributed by atoms with Gasteiger partial charge < -0.3 is 10.1 Å². The molecular weight excluding hydrogens is 476 g/mol. The Labute approximate surface area is 223 Å². The normalized spacial score (nSPS) is 19.9. The first-order valence-electron chi connectivity index (χ1n) is 12.8. The molecule has 0 fully saturated rings. The van der Waals surface area contributed by atoms with E-state index in [2.05, 4.69) is 66.9 Å².